The predicted octanol–water partition coefficient (Wildman–Crippen LogP) is 4.89. The molecule has 2 rings (SSSR count). The smallest absolute Gasteiger partial charge is 0.0104 e. The van der Waals surface area contributed by atoms with Gasteiger partial charge in [-0.3, -0.25) is 0 Å². The van der Waals surface area contributed by atoms with Crippen LogP contribution in [0.5, 0.6) is 0 Å². The molecule has 1 saturated carbocycles. The van der Waals surface area contributed by atoms with E-state index in [9.17, 15) is 0 Å². The zero-order valence-corrected chi connectivity index (χ0v) is 14.8. The summed E-state index contributed by atoms with van der Waals surface area (Å²) >= 11 is 0. The molecule has 1 atom stereocenters. The summed E-state index contributed by atoms with van der Waals surface area (Å²) in [6.45, 7) is 12.8. The molecule has 118 valence electrons. The Morgan fingerprint density at radius 1 is 1.14 bits per heavy atom. The number of nitrogens with zero attached hydrogens (tertiary/aromatic N) is 1. The van der Waals surface area contributed by atoms with Crippen LogP contribution in [0.1, 0.15) is 58.6 Å². The third-order valence-corrected chi connectivity index (χ3v) is 5.12. The van der Waals surface area contributed by atoms with Gasteiger partial charge in [0.1, 0.15) is 0 Å². The Balaban J connectivity index is 1.85. The van der Waals surface area contributed by atoms with Gasteiger partial charge in [-0.25, -0.2) is 0 Å². The van der Waals surface area contributed by atoms with E-state index in [2.05, 4.69) is 70.8 Å². The van der Waals surface area contributed by atoms with Gasteiger partial charge in [0, 0.05) is 12.6 Å². The van der Waals surface area contributed by atoms with Crippen LogP contribution in [0.3, 0.4) is 0 Å². The second kappa shape index (κ2) is 6.52. The van der Waals surface area contributed by atoms with Crippen LogP contribution in [0.2, 0.25) is 0 Å². The Morgan fingerprint density at radius 3 is 2.19 bits per heavy atom. The van der Waals surface area contributed by atoms with E-state index in [-0.39, 0.29) is 5.41 Å². The molecule has 1 nitrogen and oxygen atoms in total. The first-order valence-electron chi connectivity index (χ1n) is 8.55. The van der Waals surface area contributed by atoms with Crippen LogP contribution in [0.15, 0.2) is 24.3 Å². The lowest BCUT2D eigenvalue weighted by atomic mass is 9.76. The maximum Gasteiger partial charge on any atom is 0.0104 e. The Bertz CT molecular complexity index is 434. The van der Waals surface area contributed by atoms with Crippen molar-refractivity contribution in [3.05, 3.63) is 35.4 Å². The molecule has 0 aromatic heterocycles. The lowest BCUT2D eigenvalue weighted by Gasteiger charge is -2.37. The molecule has 1 aliphatic rings. The van der Waals surface area contributed by atoms with Gasteiger partial charge in [-0.05, 0) is 61.6 Å². The normalized spacial score (nSPS) is 24.0. The van der Waals surface area contributed by atoms with Gasteiger partial charge in [0.25, 0.3) is 0 Å². The van der Waals surface area contributed by atoms with Crippen LogP contribution in [0, 0.1) is 11.8 Å². The number of benzene rings is 1. The molecule has 1 unspecified atom stereocenters. The first kappa shape index (κ1) is 16.5. The van der Waals surface area contributed by atoms with Crippen molar-refractivity contribution in [1.29, 1.82) is 0 Å². The number of hydrogen-bond donors (Lipinski definition) is 0. The maximum absolute atomic E-state index is 2.55. The van der Waals surface area contributed by atoms with E-state index in [0.29, 0.717) is 6.04 Å². The molecule has 0 bridgehead atoms. The molecule has 0 aliphatic heterocycles. The molecular formula is C20H33N. The highest BCUT2D eigenvalue weighted by atomic mass is 15.1. The van der Waals surface area contributed by atoms with Crippen LogP contribution in [-0.2, 0) is 11.8 Å². The van der Waals surface area contributed by atoms with Crippen molar-refractivity contribution in [2.75, 3.05) is 13.6 Å². The first-order chi connectivity index (χ1) is 9.75. The topological polar surface area (TPSA) is 3.24 Å². The summed E-state index contributed by atoms with van der Waals surface area (Å²) < 4.78 is 0. The average Bonchev–Trinajstić information content (AvgIpc) is 2.36. The summed E-state index contributed by atoms with van der Waals surface area (Å²) in [7, 11) is 2.29. The Kier molecular flexibility index (Phi) is 5.14. The van der Waals surface area contributed by atoms with E-state index in [0.717, 1.165) is 18.3 Å². The summed E-state index contributed by atoms with van der Waals surface area (Å²) in [6.07, 6.45) is 4.01. The summed E-state index contributed by atoms with van der Waals surface area (Å²) in [4.78, 5) is 2.55. The van der Waals surface area contributed by atoms with Crippen molar-refractivity contribution in [3.8, 4) is 0 Å². The highest BCUT2D eigenvalue weighted by Gasteiger charge is 2.27. The van der Waals surface area contributed by atoms with E-state index in [1.807, 2.05) is 0 Å². The summed E-state index contributed by atoms with van der Waals surface area (Å²) in [5.74, 6) is 1.90. The molecule has 1 aromatic carbocycles. The van der Waals surface area contributed by atoms with Gasteiger partial charge in [0.05, 0.1) is 0 Å². The van der Waals surface area contributed by atoms with Crippen molar-refractivity contribution < 1.29 is 0 Å². The van der Waals surface area contributed by atoms with Crippen molar-refractivity contribution in [1.82, 2.24) is 4.90 Å². The van der Waals surface area contributed by atoms with Gasteiger partial charge >= 0.3 is 0 Å². The van der Waals surface area contributed by atoms with Gasteiger partial charge in [-0.1, -0.05) is 52.0 Å². The maximum atomic E-state index is 2.55. The highest BCUT2D eigenvalue weighted by Crippen LogP contribution is 2.33. The molecule has 1 aromatic rings. The Labute approximate surface area is 131 Å². The predicted molar refractivity (Wildman–Crippen MR) is 92.8 cm³/mol. The fraction of sp³-hybridized carbons (Fsp3) is 0.700. The average molecular weight is 287 g/mol. The minimum absolute atomic E-state index is 0.252. The largest absolute Gasteiger partial charge is 0.303 e. The number of hydrogen-bond acceptors (Lipinski definition) is 1. The van der Waals surface area contributed by atoms with E-state index >= 15 is 0 Å². The van der Waals surface area contributed by atoms with Gasteiger partial charge < -0.3 is 4.90 Å². The molecule has 0 radical (unpaired) electrons. The lowest BCUT2D eigenvalue weighted by molar-refractivity contribution is 0.128. The fourth-order valence-electron chi connectivity index (χ4n) is 3.44. The van der Waals surface area contributed by atoms with Gasteiger partial charge in [-0.2, -0.15) is 0 Å². The minimum atomic E-state index is 0.252. The lowest BCUT2D eigenvalue weighted by Crippen LogP contribution is -2.38. The van der Waals surface area contributed by atoms with E-state index in [1.165, 1.54) is 30.5 Å². The van der Waals surface area contributed by atoms with Crippen molar-refractivity contribution >= 4 is 0 Å². The summed E-state index contributed by atoms with van der Waals surface area (Å²) in [5, 5.41) is 0. The molecule has 0 amide bonds. The Morgan fingerprint density at radius 2 is 1.71 bits per heavy atom. The molecule has 21 heavy (non-hydrogen) atoms. The molecule has 1 heteroatoms. The van der Waals surface area contributed by atoms with Crippen LogP contribution >= 0.6 is 0 Å². The van der Waals surface area contributed by atoms with Crippen LogP contribution in [0.25, 0.3) is 0 Å². The highest BCUT2D eigenvalue weighted by molar-refractivity contribution is 5.27. The zero-order chi connectivity index (χ0) is 15.6. The third kappa shape index (κ3) is 4.57. The molecule has 0 saturated heterocycles. The zero-order valence-electron chi connectivity index (χ0n) is 14.8. The molecule has 1 fully saturated rings. The van der Waals surface area contributed by atoms with E-state index in [4.69, 9.17) is 0 Å². The molecule has 0 heterocycles. The second-order valence-electron chi connectivity index (χ2n) is 8.38. The van der Waals surface area contributed by atoms with Crippen LogP contribution in [0.4, 0.5) is 0 Å². The quantitative estimate of drug-likeness (QED) is 0.745. The first-order valence-corrected chi connectivity index (χ1v) is 8.55. The number of rotatable bonds is 5. The van der Waals surface area contributed by atoms with E-state index < -0.39 is 0 Å². The molecule has 0 N–H and O–H groups in total. The summed E-state index contributed by atoms with van der Waals surface area (Å²) in [6, 6.07) is 9.86. The molecule has 0 spiro atoms. The third-order valence-electron chi connectivity index (χ3n) is 5.12. The molecule has 1 aliphatic carbocycles. The standard InChI is InChI=1S/C20H33N/c1-15-11-18(12-15)14-21(6)16(2)13-17-7-9-19(10-8-17)20(3,4)5/h7-10,15-16,18H,11-14H2,1-6H3. The number of likely N-dealkylation sites (N-methyl/N-ethyl adjacent to an activating group) is 1. The summed E-state index contributed by atoms with van der Waals surface area (Å²) in [5.41, 5.74) is 3.14. The second-order valence-corrected chi connectivity index (χ2v) is 8.38. The fourth-order valence-corrected chi connectivity index (χ4v) is 3.44. The van der Waals surface area contributed by atoms with Crippen molar-refractivity contribution in [2.24, 2.45) is 11.8 Å². The SMILES string of the molecule is CC1CC(CN(C)C(C)Cc2ccc(C(C)(C)C)cc2)C1. The van der Waals surface area contributed by atoms with Crippen LogP contribution < -0.4 is 0 Å². The van der Waals surface area contributed by atoms with E-state index in [1.54, 1.807) is 0 Å². The van der Waals surface area contributed by atoms with Gasteiger partial charge in [0.2, 0.25) is 0 Å². The van der Waals surface area contributed by atoms with Crippen LogP contribution in [-0.4, -0.2) is 24.5 Å². The minimum Gasteiger partial charge on any atom is -0.303 e. The van der Waals surface area contributed by atoms with Crippen molar-refractivity contribution in [3.63, 3.8) is 0 Å². The van der Waals surface area contributed by atoms with Crippen molar-refractivity contribution in [2.45, 2.75) is 65.3 Å². The monoisotopic (exact) mass is 287 g/mol. The van der Waals surface area contributed by atoms with Gasteiger partial charge in [0.15, 0.2) is 0 Å². The molecular weight excluding hydrogens is 254 g/mol. The van der Waals surface area contributed by atoms with Gasteiger partial charge in [-0.15, -0.1) is 0 Å². The Hall–Kier alpha value is -0.820.